The molecule has 1 aliphatic heterocycles. The molecule has 0 bridgehead atoms. The quantitative estimate of drug-likeness (QED) is 0.135. The molecule has 0 saturated carbocycles. The summed E-state index contributed by atoms with van der Waals surface area (Å²) < 4.78 is 4.84. The number of carbonyl (C=O) groups excluding carboxylic acids is 1. The molecule has 3 heteroatoms. The van der Waals surface area contributed by atoms with Crippen molar-refractivity contribution in [3.05, 3.63) is 77.1 Å². The maximum Gasteiger partial charge on any atom is 0.298 e. The molecular weight excluding hydrogens is 406 g/mol. The molecule has 0 amide bonds. The number of rotatable bonds is 13. The van der Waals surface area contributed by atoms with E-state index in [2.05, 4.69) is 60.4 Å². The van der Waals surface area contributed by atoms with Crippen LogP contribution in [-0.2, 0) is 22.4 Å². The van der Waals surface area contributed by atoms with Gasteiger partial charge in [0.15, 0.2) is 0 Å². The molecule has 0 radical (unpaired) electrons. The van der Waals surface area contributed by atoms with Crippen LogP contribution in [0.2, 0.25) is 0 Å². The zero-order valence-corrected chi connectivity index (χ0v) is 20.4. The lowest BCUT2D eigenvalue weighted by Crippen LogP contribution is -2.19. The van der Waals surface area contributed by atoms with Gasteiger partial charge in [-0.1, -0.05) is 88.3 Å². The van der Waals surface area contributed by atoms with E-state index in [-0.39, 0.29) is 0 Å². The van der Waals surface area contributed by atoms with Gasteiger partial charge in [0.25, 0.3) is 6.47 Å². The summed E-state index contributed by atoms with van der Waals surface area (Å²) in [4.78, 5) is 13.0. The molecule has 0 fully saturated rings. The predicted octanol–water partition coefficient (Wildman–Crippen LogP) is 8.15. The molecule has 2 aromatic rings. The van der Waals surface area contributed by atoms with E-state index in [1.165, 1.54) is 79.4 Å². The zero-order chi connectivity index (χ0) is 23.3. The Morgan fingerprint density at radius 1 is 0.909 bits per heavy atom. The molecule has 33 heavy (non-hydrogen) atoms. The molecule has 176 valence electrons. The number of unbranched alkanes of at least 4 members (excludes halogenated alkanes) is 7. The average molecular weight is 446 g/mol. The van der Waals surface area contributed by atoms with Crippen molar-refractivity contribution in [1.82, 2.24) is 0 Å². The van der Waals surface area contributed by atoms with E-state index < -0.39 is 0 Å². The molecule has 1 heterocycles. The average Bonchev–Trinajstić information content (AvgIpc) is 2.98. The maximum absolute atomic E-state index is 10.4. The monoisotopic (exact) mass is 445 g/mol. The van der Waals surface area contributed by atoms with Gasteiger partial charge in [-0.05, 0) is 67.2 Å². The summed E-state index contributed by atoms with van der Waals surface area (Å²) in [5, 5.41) is 0. The van der Waals surface area contributed by atoms with Crippen molar-refractivity contribution in [3.8, 4) is 0 Å². The highest BCUT2D eigenvalue weighted by Gasteiger charge is 2.20. The van der Waals surface area contributed by atoms with Gasteiger partial charge in [-0.15, -0.1) is 0 Å². The van der Waals surface area contributed by atoms with Gasteiger partial charge in [-0.25, -0.2) is 0 Å². The lowest BCUT2D eigenvalue weighted by molar-refractivity contribution is -0.124. The number of para-hydroxylation sites is 1. The van der Waals surface area contributed by atoms with Crippen LogP contribution >= 0.6 is 0 Å². The van der Waals surface area contributed by atoms with Crippen molar-refractivity contribution in [2.45, 2.75) is 78.1 Å². The van der Waals surface area contributed by atoms with Crippen molar-refractivity contribution >= 4 is 23.9 Å². The van der Waals surface area contributed by atoms with E-state index in [0.29, 0.717) is 12.2 Å². The Kier molecular flexibility index (Phi) is 10.3. The van der Waals surface area contributed by atoms with Crippen molar-refractivity contribution in [1.29, 1.82) is 0 Å². The molecule has 0 saturated heterocycles. The minimum Gasteiger partial charge on any atom is -0.434 e. The summed E-state index contributed by atoms with van der Waals surface area (Å²) in [7, 11) is 0. The molecule has 2 aromatic carbocycles. The molecule has 0 N–H and O–H groups in total. The van der Waals surface area contributed by atoms with E-state index in [1.54, 1.807) is 6.92 Å². The SMILES string of the molecule is CCCCCCCCCCN1c2ccccc2CCc2cc(/C=C/C=C(/C)OC=O)ccc21. The first-order valence-corrected chi connectivity index (χ1v) is 12.7. The van der Waals surface area contributed by atoms with Gasteiger partial charge in [-0.3, -0.25) is 4.79 Å². The second-order valence-corrected chi connectivity index (χ2v) is 8.99. The first-order valence-electron chi connectivity index (χ1n) is 12.7. The Bertz CT molecular complexity index is 944. The van der Waals surface area contributed by atoms with Crippen LogP contribution in [0.1, 0.15) is 81.9 Å². The van der Waals surface area contributed by atoms with Crippen molar-refractivity contribution in [2.24, 2.45) is 0 Å². The number of aryl methyl sites for hydroxylation is 2. The van der Waals surface area contributed by atoms with Gasteiger partial charge in [0.2, 0.25) is 0 Å². The van der Waals surface area contributed by atoms with Crippen molar-refractivity contribution in [2.75, 3.05) is 11.4 Å². The molecule has 0 aromatic heterocycles. The minimum absolute atomic E-state index is 0.459. The third-order valence-electron chi connectivity index (χ3n) is 6.43. The molecule has 3 rings (SSSR count). The van der Waals surface area contributed by atoms with Crippen LogP contribution in [0.15, 0.2) is 60.4 Å². The first-order chi connectivity index (χ1) is 16.2. The summed E-state index contributed by atoms with van der Waals surface area (Å²) in [6.07, 6.45) is 18.6. The number of ether oxygens (including phenoxy) is 1. The van der Waals surface area contributed by atoms with E-state index >= 15 is 0 Å². The van der Waals surface area contributed by atoms with Crippen LogP contribution in [0.25, 0.3) is 6.08 Å². The highest BCUT2D eigenvalue weighted by Crippen LogP contribution is 2.37. The lowest BCUT2D eigenvalue weighted by Gasteiger charge is -2.27. The van der Waals surface area contributed by atoms with Gasteiger partial charge in [0, 0.05) is 17.9 Å². The first kappa shape index (κ1) is 24.8. The third kappa shape index (κ3) is 7.63. The highest BCUT2D eigenvalue weighted by atomic mass is 16.5. The van der Waals surface area contributed by atoms with Gasteiger partial charge in [-0.2, -0.15) is 0 Å². The van der Waals surface area contributed by atoms with Gasteiger partial charge in [0.1, 0.15) is 5.76 Å². The smallest absolute Gasteiger partial charge is 0.298 e. The highest BCUT2D eigenvalue weighted by molar-refractivity contribution is 5.72. The molecule has 0 aliphatic carbocycles. The van der Waals surface area contributed by atoms with E-state index in [1.807, 2.05) is 12.2 Å². The van der Waals surface area contributed by atoms with E-state index in [0.717, 1.165) is 19.4 Å². The number of allylic oxidation sites excluding steroid dienone is 3. The Morgan fingerprint density at radius 2 is 1.61 bits per heavy atom. The molecule has 0 atom stereocenters. The number of hydrogen-bond donors (Lipinski definition) is 0. The Labute approximate surface area is 200 Å². The second-order valence-electron chi connectivity index (χ2n) is 8.99. The summed E-state index contributed by atoms with van der Waals surface area (Å²) in [5.74, 6) is 0.586. The van der Waals surface area contributed by atoms with Crippen molar-refractivity contribution < 1.29 is 9.53 Å². The Hall–Kier alpha value is -2.81. The fourth-order valence-corrected chi connectivity index (χ4v) is 4.61. The number of benzene rings is 2. The van der Waals surface area contributed by atoms with Crippen LogP contribution in [0.5, 0.6) is 0 Å². The van der Waals surface area contributed by atoms with E-state index in [9.17, 15) is 4.79 Å². The maximum atomic E-state index is 10.4. The molecular formula is C30H39NO2. The predicted molar refractivity (Wildman–Crippen MR) is 140 cm³/mol. The van der Waals surface area contributed by atoms with Gasteiger partial charge >= 0.3 is 0 Å². The molecule has 0 spiro atoms. The number of nitrogens with zero attached hydrogens (tertiary/aromatic N) is 1. The van der Waals surface area contributed by atoms with Crippen LogP contribution in [0.3, 0.4) is 0 Å². The zero-order valence-electron chi connectivity index (χ0n) is 20.4. The van der Waals surface area contributed by atoms with Gasteiger partial charge in [0.05, 0.1) is 0 Å². The van der Waals surface area contributed by atoms with Gasteiger partial charge < -0.3 is 9.64 Å². The largest absolute Gasteiger partial charge is 0.434 e. The van der Waals surface area contributed by atoms with Crippen LogP contribution in [0.4, 0.5) is 11.4 Å². The molecule has 3 nitrogen and oxygen atoms in total. The fourth-order valence-electron chi connectivity index (χ4n) is 4.61. The summed E-state index contributed by atoms with van der Waals surface area (Å²) in [6, 6.07) is 15.7. The summed E-state index contributed by atoms with van der Waals surface area (Å²) in [5.41, 5.74) is 6.72. The number of fused-ring (bicyclic) bond motifs is 2. The second kappa shape index (κ2) is 13.7. The van der Waals surface area contributed by atoms with Crippen molar-refractivity contribution in [3.63, 3.8) is 0 Å². The van der Waals surface area contributed by atoms with Crippen LogP contribution in [-0.4, -0.2) is 13.0 Å². The molecule has 0 unspecified atom stereocenters. The fraction of sp³-hybridized carbons (Fsp3) is 0.433. The number of anilines is 2. The summed E-state index contributed by atoms with van der Waals surface area (Å²) in [6.45, 7) is 5.58. The standard InChI is InChI=1S/C30H39NO2/c1-3-4-5-6-7-8-9-12-22-31-29-17-11-10-16-27(29)19-20-28-23-26(18-21-30(28)31)15-13-14-25(2)33-24-32/h10-11,13-18,21,23-24H,3-9,12,19-20,22H2,1-2H3/b15-13+,25-14-. The van der Waals surface area contributed by atoms with E-state index in [4.69, 9.17) is 4.74 Å². The minimum atomic E-state index is 0.459. The normalized spacial score (nSPS) is 13.5. The number of carbonyl (C=O) groups is 1. The Morgan fingerprint density at radius 3 is 2.39 bits per heavy atom. The van der Waals surface area contributed by atoms with Crippen LogP contribution in [0, 0.1) is 0 Å². The topological polar surface area (TPSA) is 29.5 Å². The van der Waals surface area contributed by atoms with Crippen LogP contribution < -0.4 is 4.90 Å². The number of hydrogen-bond acceptors (Lipinski definition) is 3. The lowest BCUT2D eigenvalue weighted by atomic mass is 10.0. The molecule has 1 aliphatic rings. The Balaban J connectivity index is 1.70. The third-order valence-corrected chi connectivity index (χ3v) is 6.43. The summed E-state index contributed by atoms with van der Waals surface area (Å²) >= 11 is 0.